The van der Waals surface area contributed by atoms with Gasteiger partial charge in [0.25, 0.3) is 0 Å². The van der Waals surface area contributed by atoms with Crippen molar-refractivity contribution >= 4 is 17.5 Å². The number of rotatable bonds is 7. The molecular weight excluding hydrogens is 325 g/mol. The van der Waals surface area contributed by atoms with Crippen molar-refractivity contribution < 1.29 is 18.8 Å². The number of hydrogen-bond acceptors (Lipinski definition) is 5. The molecule has 1 amide bonds. The van der Waals surface area contributed by atoms with E-state index in [2.05, 4.69) is 15.5 Å². The zero-order chi connectivity index (χ0) is 16.8. The molecular formula is C15H17ClFN3O3. The lowest BCUT2D eigenvalue weighted by molar-refractivity contribution is -0.122. The quantitative estimate of drug-likeness (QED) is 0.807. The van der Waals surface area contributed by atoms with Crippen LogP contribution in [0.5, 0.6) is 0 Å². The predicted molar refractivity (Wildman–Crippen MR) is 81.4 cm³/mol. The lowest BCUT2D eigenvalue weighted by Gasteiger charge is -2.17. The third-order valence-electron chi connectivity index (χ3n) is 3.23. The van der Waals surface area contributed by atoms with Crippen molar-refractivity contribution in [2.75, 3.05) is 6.61 Å². The molecule has 0 saturated heterocycles. The smallest absolute Gasteiger partial charge is 0.226 e. The molecule has 8 heteroatoms. The van der Waals surface area contributed by atoms with Crippen molar-refractivity contribution in [1.29, 1.82) is 0 Å². The topological polar surface area (TPSA) is 88.2 Å². The van der Waals surface area contributed by atoms with Crippen molar-refractivity contribution in [2.45, 2.75) is 32.2 Å². The standard InChI is InChI=1S/C15H17ClFN3O3/c1-9-18-15(23-20-9)4-2-3-14(22)19-13(8-21)10-5-6-11(16)12(17)7-10/h5-7,13,21H,2-4,8H2,1H3,(H,19,22). The first-order valence-corrected chi connectivity index (χ1v) is 7.51. The molecule has 0 spiro atoms. The highest BCUT2D eigenvalue weighted by Gasteiger charge is 2.15. The molecule has 23 heavy (non-hydrogen) atoms. The molecule has 1 aromatic heterocycles. The van der Waals surface area contributed by atoms with Gasteiger partial charge in [-0.25, -0.2) is 4.39 Å². The molecule has 0 fully saturated rings. The van der Waals surface area contributed by atoms with E-state index in [4.69, 9.17) is 16.1 Å². The minimum Gasteiger partial charge on any atom is -0.394 e. The van der Waals surface area contributed by atoms with Crippen LogP contribution in [-0.2, 0) is 11.2 Å². The Kier molecular flexibility index (Phi) is 6.06. The van der Waals surface area contributed by atoms with Gasteiger partial charge in [-0.1, -0.05) is 22.8 Å². The van der Waals surface area contributed by atoms with Gasteiger partial charge in [0.2, 0.25) is 11.8 Å². The lowest BCUT2D eigenvalue weighted by Crippen LogP contribution is -2.30. The zero-order valence-electron chi connectivity index (χ0n) is 12.6. The molecule has 1 atom stereocenters. The molecule has 2 N–H and O–H groups in total. The highest BCUT2D eigenvalue weighted by Crippen LogP contribution is 2.20. The summed E-state index contributed by atoms with van der Waals surface area (Å²) in [4.78, 5) is 16.0. The van der Waals surface area contributed by atoms with Crippen LogP contribution < -0.4 is 5.32 Å². The van der Waals surface area contributed by atoms with Crippen LogP contribution in [0, 0.1) is 12.7 Å². The number of nitrogens with zero attached hydrogens (tertiary/aromatic N) is 2. The Bertz CT molecular complexity index is 678. The minimum atomic E-state index is -0.681. The lowest BCUT2D eigenvalue weighted by atomic mass is 10.1. The van der Waals surface area contributed by atoms with Crippen LogP contribution in [0.4, 0.5) is 4.39 Å². The van der Waals surface area contributed by atoms with Gasteiger partial charge in [0.15, 0.2) is 5.82 Å². The Hall–Kier alpha value is -1.99. The summed E-state index contributed by atoms with van der Waals surface area (Å²) in [6.45, 7) is 1.38. The first-order valence-electron chi connectivity index (χ1n) is 7.14. The number of hydrogen-bond donors (Lipinski definition) is 2. The fourth-order valence-electron chi connectivity index (χ4n) is 2.07. The maximum atomic E-state index is 13.5. The van der Waals surface area contributed by atoms with E-state index in [1.54, 1.807) is 13.0 Å². The summed E-state index contributed by atoms with van der Waals surface area (Å²) in [5.74, 6) is 0.183. The molecule has 0 bridgehead atoms. The van der Waals surface area contributed by atoms with Crippen LogP contribution in [0.15, 0.2) is 22.7 Å². The second-order valence-electron chi connectivity index (χ2n) is 5.07. The number of carbonyl (C=O) groups is 1. The molecule has 1 aromatic carbocycles. The van der Waals surface area contributed by atoms with Crippen molar-refractivity contribution in [3.63, 3.8) is 0 Å². The molecule has 0 aliphatic heterocycles. The number of aliphatic hydroxyl groups is 1. The molecule has 0 aliphatic rings. The molecule has 0 aliphatic carbocycles. The Morgan fingerprint density at radius 2 is 2.30 bits per heavy atom. The van der Waals surface area contributed by atoms with E-state index in [1.807, 2.05) is 0 Å². The van der Waals surface area contributed by atoms with Crippen molar-refractivity contribution in [3.05, 3.63) is 46.3 Å². The number of aliphatic hydroxyl groups excluding tert-OH is 1. The predicted octanol–water partition coefficient (Wildman–Crippen LogP) is 2.34. The fraction of sp³-hybridized carbons (Fsp3) is 0.400. The Morgan fingerprint density at radius 1 is 1.52 bits per heavy atom. The summed E-state index contributed by atoms with van der Waals surface area (Å²) in [5, 5.41) is 15.7. The van der Waals surface area contributed by atoms with E-state index in [-0.39, 0.29) is 24.0 Å². The summed E-state index contributed by atoms with van der Waals surface area (Å²) in [6.07, 6.45) is 1.25. The van der Waals surface area contributed by atoms with Crippen LogP contribution in [0.25, 0.3) is 0 Å². The summed E-state index contributed by atoms with van der Waals surface area (Å²) >= 11 is 5.62. The van der Waals surface area contributed by atoms with Gasteiger partial charge in [-0.3, -0.25) is 4.79 Å². The molecule has 2 aromatic rings. The number of aromatic nitrogens is 2. The number of halogens is 2. The van der Waals surface area contributed by atoms with E-state index in [1.165, 1.54) is 12.1 Å². The number of nitrogens with one attached hydrogen (secondary N) is 1. The van der Waals surface area contributed by atoms with E-state index < -0.39 is 11.9 Å². The average Bonchev–Trinajstić information content (AvgIpc) is 2.93. The normalized spacial score (nSPS) is 12.2. The Balaban J connectivity index is 1.85. The van der Waals surface area contributed by atoms with Crippen molar-refractivity contribution in [3.8, 4) is 0 Å². The Morgan fingerprint density at radius 3 is 2.91 bits per heavy atom. The zero-order valence-corrected chi connectivity index (χ0v) is 13.3. The van der Waals surface area contributed by atoms with Crippen LogP contribution >= 0.6 is 11.6 Å². The summed E-state index contributed by atoms with van der Waals surface area (Å²) < 4.78 is 18.4. The van der Waals surface area contributed by atoms with Gasteiger partial charge in [0.05, 0.1) is 17.7 Å². The van der Waals surface area contributed by atoms with Crippen LogP contribution in [0.3, 0.4) is 0 Å². The molecule has 1 unspecified atom stereocenters. The van der Waals surface area contributed by atoms with Gasteiger partial charge >= 0.3 is 0 Å². The summed E-state index contributed by atoms with van der Waals surface area (Å²) in [5.41, 5.74) is 0.454. The van der Waals surface area contributed by atoms with Gasteiger partial charge in [-0.05, 0) is 31.0 Å². The molecule has 0 saturated carbocycles. The van der Waals surface area contributed by atoms with Gasteiger partial charge < -0.3 is 14.9 Å². The van der Waals surface area contributed by atoms with Gasteiger partial charge in [0, 0.05) is 12.8 Å². The SMILES string of the molecule is Cc1noc(CCCC(=O)NC(CO)c2ccc(Cl)c(F)c2)n1. The van der Waals surface area contributed by atoms with E-state index in [0.29, 0.717) is 30.1 Å². The van der Waals surface area contributed by atoms with Gasteiger partial charge in [-0.2, -0.15) is 4.98 Å². The van der Waals surface area contributed by atoms with Crippen LogP contribution in [0.2, 0.25) is 5.02 Å². The molecule has 0 radical (unpaired) electrons. The number of carbonyl (C=O) groups excluding carboxylic acids is 1. The van der Waals surface area contributed by atoms with Crippen molar-refractivity contribution in [2.24, 2.45) is 0 Å². The highest BCUT2D eigenvalue weighted by atomic mass is 35.5. The second-order valence-corrected chi connectivity index (χ2v) is 5.47. The third kappa shape index (κ3) is 5.01. The molecule has 6 nitrogen and oxygen atoms in total. The minimum absolute atomic E-state index is 0.00776. The Labute approximate surface area is 137 Å². The molecule has 124 valence electrons. The van der Waals surface area contributed by atoms with E-state index in [9.17, 15) is 14.3 Å². The van der Waals surface area contributed by atoms with Crippen LogP contribution in [0.1, 0.15) is 36.2 Å². The highest BCUT2D eigenvalue weighted by molar-refractivity contribution is 6.30. The average molecular weight is 342 g/mol. The fourth-order valence-corrected chi connectivity index (χ4v) is 2.19. The number of benzene rings is 1. The number of aryl methyl sites for hydroxylation is 2. The molecule has 1 heterocycles. The molecule has 2 rings (SSSR count). The van der Waals surface area contributed by atoms with E-state index >= 15 is 0 Å². The maximum Gasteiger partial charge on any atom is 0.226 e. The third-order valence-corrected chi connectivity index (χ3v) is 3.53. The first kappa shape index (κ1) is 17.4. The largest absolute Gasteiger partial charge is 0.394 e. The number of amides is 1. The van der Waals surface area contributed by atoms with Crippen molar-refractivity contribution in [1.82, 2.24) is 15.5 Å². The monoisotopic (exact) mass is 341 g/mol. The maximum absolute atomic E-state index is 13.5. The van der Waals surface area contributed by atoms with Crippen LogP contribution in [-0.4, -0.2) is 27.8 Å². The summed E-state index contributed by atoms with van der Waals surface area (Å²) in [7, 11) is 0. The van der Waals surface area contributed by atoms with E-state index in [0.717, 1.165) is 0 Å². The second kappa shape index (κ2) is 8.03. The summed E-state index contributed by atoms with van der Waals surface area (Å²) in [6, 6.07) is 3.47. The first-order chi connectivity index (χ1) is 11.0. The van der Waals surface area contributed by atoms with Gasteiger partial charge in [0.1, 0.15) is 5.82 Å². The van der Waals surface area contributed by atoms with Gasteiger partial charge in [-0.15, -0.1) is 0 Å².